The normalized spacial score (nSPS) is 13.1. The Morgan fingerprint density at radius 3 is 2.07 bits per heavy atom. The number of thiol groups is 1. The molecule has 0 rings (SSSR count). The van der Waals surface area contributed by atoms with Crippen LogP contribution in [-0.4, -0.2) is 5.75 Å². The molecule has 0 N–H and O–H groups in total. The van der Waals surface area contributed by atoms with Gasteiger partial charge in [-0.2, -0.15) is 12.6 Å². The largest absolute Gasteiger partial charge is 0.179 e. The second-order valence-electron chi connectivity index (χ2n) is 4.34. The zero-order valence-corrected chi connectivity index (χ0v) is 11.0. The lowest BCUT2D eigenvalue weighted by molar-refractivity contribution is 0.402. The average Bonchev–Trinajstić information content (AvgIpc) is 2.22. The fraction of sp³-hybridized carbons (Fsp3) is 1.00. The minimum absolute atomic E-state index is 1.01. The molecule has 0 aliphatic rings. The summed E-state index contributed by atoms with van der Waals surface area (Å²) in [4.78, 5) is 0. The van der Waals surface area contributed by atoms with Crippen molar-refractivity contribution in [1.82, 2.24) is 0 Å². The van der Waals surface area contributed by atoms with Gasteiger partial charge in [0.1, 0.15) is 0 Å². The molecule has 86 valence electrons. The third-order valence-electron chi connectivity index (χ3n) is 3.06. The highest BCUT2D eigenvalue weighted by Crippen LogP contribution is 2.20. The van der Waals surface area contributed by atoms with Crippen LogP contribution >= 0.6 is 12.6 Å². The van der Waals surface area contributed by atoms with Crippen LogP contribution in [-0.2, 0) is 0 Å². The molecule has 0 saturated carbocycles. The van der Waals surface area contributed by atoms with Crippen LogP contribution in [0.2, 0.25) is 0 Å². The fourth-order valence-electron chi connectivity index (χ4n) is 1.94. The van der Waals surface area contributed by atoms with Crippen LogP contribution in [0.3, 0.4) is 0 Å². The van der Waals surface area contributed by atoms with E-state index < -0.39 is 0 Å². The summed E-state index contributed by atoms with van der Waals surface area (Å²) in [6.07, 6.45) is 12.6. The first-order valence-electron chi connectivity index (χ1n) is 6.46. The summed E-state index contributed by atoms with van der Waals surface area (Å²) >= 11 is 4.23. The predicted octanol–water partition coefficient (Wildman–Crippen LogP) is 5.08. The summed E-state index contributed by atoms with van der Waals surface area (Å²) in [5, 5.41) is 0. The third kappa shape index (κ3) is 8.93. The highest BCUT2D eigenvalue weighted by atomic mass is 32.1. The number of unbranched alkanes of at least 4 members (excludes halogenated alkanes) is 4. The Balaban J connectivity index is 3.24. The van der Waals surface area contributed by atoms with Crippen LogP contribution in [0.15, 0.2) is 0 Å². The minimum Gasteiger partial charge on any atom is -0.179 e. The summed E-state index contributed by atoms with van der Waals surface area (Å²) in [5.74, 6) is 2.07. The van der Waals surface area contributed by atoms with Crippen molar-refractivity contribution in [1.29, 1.82) is 0 Å². The van der Waals surface area contributed by atoms with E-state index in [0.29, 0.717) is 0 Å². The maximum atomic E-state index is 4.23. The Labute approximate surface area is 96.3 Å². The van der Waals surface area contributed by atoms with Gasteiger partial charge in [-0.25, -0.2) is 0 Å². The number of rotatable bonds is 10. The van der Waals surface area contributed by atoms with E-state index in [9.17, 15) is 0 Å². The molecule has 0 spiro atoms. The van der Waals surface area contributed by atoms with Crippen molar-refractivity contribution in [3.8, 4) is 0 Å². The number of hydrogen-bond donors (Lipinski definition) is 1. The van der Waals surface area contributed by atoms with Crippen molar-refractivity contribution in [3.63, 3.8) is 0 Å². The molecule has 0 radical (unpaired) electrons. The van der Waals surface area contributed by atoms with E-state index in [1.54, 1.807) is 0 Å². The summed E-state index contributed by atoms with van der Waals surface area (Å²) in [7, 11) is 0. The van der Waals surface area contributed by atoms with E-state index in [-0.39, 0.29) is 0 Å². The molecule has 0 heterocycles. The summed E-state index contributed by atoms with van der Waals surface area (Å²) < 4.78 is 0. The Morgan fingerprint density at radius 1 is 0.857 bits per heavy atom. The second kappa shape index (κ2) is 11.4. The minimum atomic E-state index is 1.01. The highest BCUT2D eigenvalue weighted by Gasteiger charge is 2.04. The Kier molecular flexibility index (Phi) is 11.7. The highest BCUT2D eigenvalue weighted by molar-refractivity contribution is 7.80. The Hall–Kier alpha value is 0.350. The van der Waals surface area contributed by atoms with Gasteiger partial charge in [0.05, 0.1) is 0 Å². The molecule has 1 atom stereocenters. The van der Waals surface area contributed by atoms with E-state index in [1.165, 1.54) is 57.8 Å². The molecule has 1 unspecified atom stereocenters. The second-order valence-corrected chi connectivity index (χ2v) is 4.79. The lowest BCUT2D eigenvalue weighted by Crippen LogP contribution is -1.98. The molecule has 14 heavy (non-hydrogen) atoms. The SMILES string of the molecule is CCCCC(CC)CCCCCCS. The molecule has 0 aliphatic heterocycles. The molecule has 1 heteroatoms. The van der Waals surface area contributed by atoms with Crippen LogP contribution in [0.4, 0.5) is 0 Å². The van der Waals surface area contributed by atoms with Crippen molar-refractivity contribution >= 4 is 12.6 Å². The van der Waals surface area contributed by atoms with Crippen LogP contribution in [0.1, 0.15) is 71.6 Å². The van der Waals surface area contributed by atoms with Crippen LogP contribution in [0, 0.1) is 5.92 Å². The van der Waals surface area contributed by atoms with Gasteiger partial charge in [-0.3, -0.25) is 0 Å². The molecular formula is C13H28S. The van der Waals surface area contributed by atoms with Gasteiger partial charge < -0.3 is 0 Å². The van der Waals surface area contributed by atoms with E-state index >= 15 is 0 Å². The Bertz CT molecular complexity index is 101. The molecular weight excluding hydrogens is 188 g/mol. The summed E-state index contributed by atoms with van der Waals surface area (Å²) in [6.45, 7) is 4.63. The predicted molar refractivity (Wildman–Crippen MR) is 70.2 cm³/mol. The molecule has 0 amide bonds. The van der Waals surface area contributed by atoms with Gasteiger partial charge in [-0.1, -0.05) is 65.2 Å². The first-order chi connectivity index (χ1) is 6.85. The molecule has 0 aromatic heterocycles. The molecule has 0 nitrogen and oxygen atoms in total. The van der Waals surface area contributed by atoms with Gasteiger partial charge in [0.2, 0.25) is 0 Å². The van der Waals surface area contributed by atoms with Crippen molar-refractivity contribution in [2.75, 3.05) is 5.75 Å². The molecule has 0 aliphatic carbocycles. The summed E-state index contributed by atoms with van der Waals surface area (Å²) in [6, 6.07) is 0. The maximum Gasteiger partial charge on any atom is -0.00979 e. The smallest absolute Gasteiger partial charge is 0.00979 e. The molecule has 0 aromatic carbocycles. The molecule has 0 aromatic rings. The van der Waals surface area contributed by atoms with Crippen molar-refractivity contribution in [3.05, 3.63) is 0 Å². The average molecular weight is 216 g/mol. The zero-order valence-electron chi connectivity index (χ0n) is 10.1. The Morgan fingerprint density at radius 2 is 1.50 bits per heavy atom. The van der Waals surface area contributed by atoms with Crippen molar-refractivity contribution in [2.45, 2.75) is 71.6 Å². The van der Waals surface area contributed by atoms with E-state index in [2.05, 4.69) is 26.5 Å². The van der Waals surface area contributed by atoms with Gasteiger partial charge in [-0.05, 0) is 18.1 Å². The van der Waals surface area contributed by atoms with Gasteiger partial charge >= 0.3 is 0 Å². The quantitative estimate of drug-likeness (QED) is 0.382. The van der Waals surface area contributed by atoms with E-state index in [0.717, 1.165) is 11.7 Å². The maximum absolute atomic E-state index is 4.23. The van der Waals surface area contributed by atoms with E-state index in [1.807, 2.05) is 0 Å². The van der Waals surface area contributed by atoms with Gasteiger partial charge in [-0.15, -0.1) is 0 Å². The first-order valence-corrected chi connectivity index (χ1v) is 7.09. The molecule has 0 bridgehead atoms. The first kappa shape index (κ1) is 14.3. The number of hydrogen-bond acceptors (Lipinski definition) is 1. The van der Waals surface area contributed by atoms with Crippen molar-refractivity contribution in [2.24, 2.45) is 5.92 Å². The van der Waals surface area contributed by atoms with E-state index in [4.69, 9.17) is 0 Å². The van der Waals surface area contributed by atoms with Gasteiger partial charge in [0.15, 0.2) is 0 Å². The van der Waals surface area contributed by atoms with Gasteiger partial charge in [0, 0.05) is 0 Å². The fourth-order valence-corrected chi connectivity index (χ4v) is 2.17. The topological polar surface area (TPSA) is 0 Å². The van der Waals surface area contributed by atoms with Crippen LogP contribution < -0.4 is 0 Å². The van der Waals surface area contributed by atoms with Gasteiger partial charge in [0.25, 0.3) is 0 Å². The zero-order chi connectivity index (χ0) is 10.6. The van der Waals surface area contributed by atoms with Crippen LogP contribution in [0.25, 0.3) is 0 Å². The standard InChI is InChI=1S/C13H28S/c1-3-5-10-13(4-2)11-8-6-7-9-12-14/h13-14H,3-12H2,1-2H3. The third-order valence-corrected chi connectivity index (χ3v) is 3.38. The monoisotopic (exact) mass is 216 g/mol. The lowest BCUT2D eigenvalue weighted by Gasteiger charge is -2.13. The molecule has 0 fully saturated rings. The lowest BCUT2D eigenvalue weighted by atomic mass is 9.93. The molecule has 0 saturated heterocycles. The summed E-state index contributed by atoms with van der Waals surface area (Å²) in [5.41, 5.74) is 0. The van der Waals surface area contributed by atoms with Crippen LogP contribution in [0.5, 0.6) is 0 Å². The van der Waals surface area contributed by atoms with Crippen molar-refractivity contribution < 1.29 is 0 Å².